The third-order valence-electron chi connectivity index (χ3n) is 2.52. The van der Waals surface area contributed by atoms with E-state index in [-0.39, 0.29) is 11.2 Å². The summed E-state index contributed by atoms with van der Waals surface area (Å²) >= 11 is 1.30. The van der Waals surface area contributed by atoms with E-state index in [1.54, 1.807) is 18.2 Å². The first kappa shape index (κ1) is 10.5. The van der Waals surface area contributed by atoms with Crippen molar-refractivity contribution in [1.29, 1.82) is 0 Å². The van der Waals surface area contributed by atoms with E-state index in [0.29, 0.717) is 29.5 Å². The van der Waals surface area contributed by atoms with Gasteiger partial charge < -0.3 is 14.9 Å². The summed E-state index contributed by atoms with van der Waals surface area (Å²) in [4.78, 5) is 15.6. The average molecular weight is 250 g/mol. The van der Waals surface area contributed by atoms with Crippen LogP contribution in [0.25, 0.3) is 11.1 Å². The van der Waals surface area contributed by atoms with Gasteiger partial charge in [-0.25, -0.2) is 4.98 Å². The van der Waals surface area contributed by atoms with Crippen molar-refractivity contribution in [2.75, 3.05) is 12.3 Å². The first-order valence-corrected chi connectivity index (χ1v) is 6.10. The van der Waals surface area contributed by atoms with Gasteiger partial charge in [0.25, 0.3) is 5.22 Å². The minimum atomic E-state index is -0.208. The molecule has 17 heavy (non-hydrogen) atoms. The van der Waals surface area contributed by atoms with Crippen molar-refractivity contribution < 1.29 is 13.9 Å². The maximum Gasteiger partial charge on any atom is 0.319 e. The molecule has 1 aromatic carbocycles. The van der Waals surface area contributed by atoms with Crippen molar-refractivity contribution in [2.24, 2.45) is 0 Å². The van der Waals surface area contributed by atoms with E-state index in [1.807, 2.05) is 0 Å². The van der Waals surface area contributed by atoms with E-state index in [4.69, 9.17) is 14.9 Å². The van der Waals surface area contributed by atoms with Crippen LogP contribution in [0.5, 0.6) is 0 Å². The molecule has 0 saturated carbocycles. The van der Waals surface area contributed by atoms with E-state index in [2.05, 4.69) is 4.98 Å². The highest BCUT2D eigenvalue weighted by Crippen LogP contribution is 2.31. The Morgan fingerprint density at radius 1 is 1.47 bits per heavy atom. The van der Waals surface area contributed by atoms with Gasteiger partial charge in [-0.2, -0.15) is 0 Å². The Bertz CT molecular complexity index is 581. The third kappa shape index (κ3) is 1.95. The lowest BCUT2D eigenvalue weighted by Crippen LogP contribution is -2.09. The number of nitrogen functional groups attached to an aromatic ring is 1. The summed E-state index contributed by atoms with van der Waals surface area (Å²) in [6.07, 6.45) is 0.699. The Balaban J connectivity index is 1.88. The first-order chi connectivity index (χ1) is 8.22. The molecule has 6 heteroatoms. The van der Waals surface area contributed by atoms with Crippen molar-refractivity contribution >= 4 is 34.5 Å². The molecule has 2 heterocycles. The number of nitrogens with zero attached hydrogens (tertiary/aromatic N) is 1. The van der Waals surface area contributed by atoms with E-state index in [1.165, 1.54) is 11.8 Å². The Morgan fingerprint density at radius 3 is 3.12 bits per heavy atom. The second-order valence-corrected chi connectivity index (χ2v) is 4.92. The summed E-state index contributed by atoms with van der Waals surface area (Å²) < 4.78 is 10.4. The van der Waals surface area contributed by atoms with Gasteiger partial charge in [0, 0.05) is 18.2 Å². The number of ether oxygens (including phenoxy) is 1. The molecule has 1 unspecified atom stereocenters. The van der Waals surface area contributed by atoms with Gasteiger partial charge in [0.1, 0.15) is 10.8 Å². The summed E-state index contributed by atoms with van der Waals surface area (Å²) in [6.45, 7) is 0.476. The highest BCUT2D eigenvalue weighted by atomic mass is 32.2. The SMILES string of the molecule is Nc1ccc2nc(SC3CCOC3=O)oc2c1. The molecule has 2 aromatic rings. The molecule has 0 aliphatic carbocycles. The summed E-state index contributed by atoms with van der Waals surface area (Å²) in [6, 6.07) is 5.29. The predicted octanol–water partition coefficient (Wildman–Crippen LogP) is 1.82. The number of hydrogen-bond donors (Lipinski definition) is 1. The fourth-order valence-electron chi connectivity index (χ4n) is 1.68. The molecule has 0 amide bonds. The first-order valence-electron chi connectivity index (χ1n) is 5.22. The van der Waals surface area contributed by atoms with Gasteiger partial charge in [0.2, 0.25) is 0 Å². The van der Waals surface area contributed by atoms with Gasteiger partial charge in [-0.05, 0) is 12.1 Å². The van der Waals surface area contributed by atoms with Crippen LogP contribution in [0.1, 0.15) is 6.42 Å². The fraction of sp³-hybridized carbons (Fsp3) is 0.273. The van der Waals surface area contributed by atoms with Crippen LogP contribution in [-0.2, 0) is 9.53 Å². The highest BCUT2D eigenvalue weighted by Gasteiger charge is 2.29. The van der Waals surface area contributed by atoms with Crippen molar-refractivity contribution in [3.8, 4) is 0 Å². The average Bonchev–Trinajstić information content (AvgIpc) is 2.85. The maximum absolute atomic E-state index is 11.3. The molecule has 3 rings (SSSR count). The Kier molecular flexibility index (Phi) is 2.44. The summed E-state index contributed by atoms with van der Waals surface area (Å²) in [7, 11) is 0. The number of anilines is 1. The number of cyclic esters (lactones) is 1. The maximum atomic E-state index is 11.3. The van der Waals surface area contributed by atoms with Gasteiger partial charge in [-0.3, -0.25) is 4.79 Å². The quantitative estimate of drug-likeness (QED) is 0.647. The largest absolute Gasteiger partial charge is 0.465 e. The topological polar surface area (TPSA) is 78.4 Å². The number of carbonyl (C=O) groups is 1. The van der Waals surface area contributed by atoms with Crippen molar-refractivity contribution in [3.05, 3.63) is 18.2 Å². The van der Waals surface area contributed by atoms with E-state index >= 15 is 0 Å². The Morgan fingerprint density at radius 2 is 2.35 bits per heavy atom. The second-order valence-electron chi connectivity index (χ2n) is 3.77. The number of aromatic nitrogens is 1. The number of hydrogen-bond acceptors (Lipinski definition) is 6. The molecule has 1 atom stereocenters. The molecule has 0 radical (unpaired) electrons. The lowest BCUT2D eigenvalue weighted by molar-refractivity contribution is -0.137. The van der Waals surface area contributed by atoms with Gasteiger partial charge in [0.05, 0.1) is 6.61 Å². The van der Waals surface area contributed by atoms with Crippen LogP contribution in [0.15, 0.2) is 27.8 Å². The summed E-state index contributed by atoms with van der Waals surface area (Å²) in [5, 5.41) is 0.273. The number of fused-ring (bicyclic) bond motifs is 1. The van der Waals surface area contributed by atoms with E-state index in [0.717, 1.165) is 5.52 Å². The molecule has 5 nitrogen and oxygen atoms in total. The Hall–Kier alpha value is -1.69. The minimum Gasteiger partial charge on any atom is -0.465 e. The molecule has 2 N–H and O–H groups in total. The summed E-state index contributed by atoms with van der Waals surface area (Å²) in [5.74, 6) is -0.197. The molecule has 1 saturated heterocycles. The molecule has 0 spiro atoms. The smallest absolute Gasteiger partial charge is 0.319 e. The van der Waals surface area contributed by atoms with Gasteiger partial charge in [-0.1, -0.05) is 11.8 Å². The number of oxazole rings is 1. The van der Waals surface area contributed by atoms with Gasteiger partial charge in [0.15, 0.2) is 5.58 Å². The molecule has 88 valence electrons. The normalized spacial score (nSPS) is 19.8. The predicted molar refractivity (Wildman–Crippen MR) is 63.6 cm³/mol. The van der Waals surface area contributed by atoms with E-state index in [9.17, 15) is 4.79 Å². The van der Waals surface area contributed by atoms with Crippen molar-refractivity contribution in [1.82, 2.24) is 4.98 Å². The van der Waals surface area contributed by atoms with Crippen molar-refractivity contribution in [3.63, 3.8) is 0 Å². The molecular weight excluding hydrogens is 240 g/mol. The lowest BCUT2D eigenvalue weighted by atomic mass is 10.3. The van der Waals surface area contributed by atoms with Crippen molar-refractivity contribution in [2.45, 2.75) is 16.9 Å². The Labute approximate surface area is 101 Å². The van der Waals surface area contributed by atoms with Gasteiger partial charge >= 0.3 is 5.97 Å². The third-order valence-corrected chi connectivity index (χ3v) is 3.61. The molecule has 1 aromatic heterocycles. The highest BCUT2D eigenvalue weighted by molar-refractivity contribution is 8.00. The van der Waals surface area contributed by atoms with E-state index < -0.39 is 0 Å². The number of rotatable bonds is 2. The number of esters is 1. The van der Waals surface area contributed by atoms with Crippen LogP contribution in [0.3, 0.4) is 0 Å². The minimum absolute atomic E-state index is 0.197. The molecule has 1 fully saturated rings. The zero-order valence-electron chi connectivity index (χ0n) is 8.88. The van der Waals surface area contributed by atoms with Crippen LogP contribution in [0.2, 0.25) is 0 Å². The zero-order valence-corrected chi connectivity index (χ0v) is 9.70. The fourth-order valence-corrected chi connectivity index (χ4v) is 2.59. The molecule has 1 aliphatic heterocycles. The van der Waals surface area contributed by atoms with Crippen LogP contribution < -0.4 is 5.73 Å². The summed E-state index contributed by atoms with van der Waals surface area (Å²) in [5.41, 5.74) is 7.66. The number of carbonyl (C=O) groups excluding carboxylic acids is 1. The molecular formula is C11H10N2O3S. The van der Waals surface area contributed by atoms with Gasteiger partial charge in [-0.15, -0.1) is 0 Å². The zero-order chi connectivity index (χ0) is 11.8. The van der Waals surface area contributed by atoms with Crippen LogP contribution >= 0.6 is 11.8 Å². The molecule has 0 bridgehead atoms. The van der Waals surface area contributed by atoms with Crippen LogP contribution in [-0.4, -0.2) is 22.8 Å². The molecule has 1 aliphatic rings. The monoisotopic (exact) mass is 250 g/mol. The van der Waals surface area contributed by atoms with Crippen LogP contribution in [0, 0.1) is 0 Å². The van der Waals surface area contributed by atoms with Crippen LogP contribution in [0.4, 0.5) is 5.69 Å². The lowest BCUT2D eigenvalue weighted by Gasteiger charge is -1.99. The second kappa shape index (κ2) is 3.96. The number of nitrogens with two attached hydrogens (primary N) is 1. The number of benzene rings is 1. The standard InChI is InChI=1S/C11H10N2O3S/c12-6-1-2-7-8(5-6)16-11(13-7)17-9-3-4-15-10(9)14/h1-2,5,9H,3-4,12H2. The number of thioether (sulfide) groups is 1.